The topological polar surface area (TPSA) is 99.1 Å². The Balaban J connectivity index is 0.00000361. The van der Waals surface area contributed by atoms with Crippen molar-refractivity contribution in [2.45, 2.75) is 158 Å². The van der Waals surface area contributed by atoms with Crippen molar-refractivity contribution in [3.05, 3.63) is 0 Å². The fourth-order valence-corrected chi connectivity index (χ4v) is 7.99. The second-order valence-electron chi connectivity index (χ2n) is 13.6. The van der Waals surface area contributed by atoms with Crippen LogP contribution in [0.3, 0.4) is 0 Å². The normalized spacial score (nSPS) is 35.1. The van der Waals surface area contributed by atoms with Gasteiger partial charge in [0.2, 0.25) is 5.60 Å². The van der Waals surface area contributed by atoms with E-state index in [1.54, 1.807) is 27.7 Å². The molecule has 0 spiro atoms. The van der Waals surface area contributed by atoms with Crippen LogP contribution in [0.5, 0.6) is 0 Å². The Hall–Kier alpha value is -1.63. The molecular formula is C32H60O7. The van der Waals surface area contributed by atoms with E-state index >= 15 is 0 Å². The zero-order valence-electron chi connectivity index (χ0n) is 22.6. The second-order valence-corrected chi connectivity index (χ2v) is 13.6. The number of ether oxygens (including phenoxy) is 3. The molecule has 0 aromatic carbocycles. The van der Waals surface area contributed by atoms with Crippen LogP contribution in [0.1, 0.15) is 136 Å². The molecule has 39 heavy (non-hydrogen) atoms. The highest BCUT2D eigenvalue weighted by Gasteiger charge is 2.63. The highest BCUT2D eigenvalue weighted by atomic mass is 16.6. The molecule has 5 fully saturated rings. The van der Waals surface area contributed by atoms with Crippen molar-refractivity contribution in [3.8, 4) is 0 Å². The third-order valence-electron chi connectivity index (χ3n) is 9.42. The van der Waals surface area contributed by atoms with Gasteiger partial charge in [-0.1, -0.05) is 43.6 Å². The molecule has 5 rings (SSSR count). The lowest BCUT2D eigenvalue weighted by atomic mass is 9.44. The summed E-state index contributed by atoms with van der Waals surface area (Å²) in [6, 6.07) is 0. The predicted octanol–water partition coefficient (Wildman–Crippen LogP) is 7.26. The average molecular weight is 557 g/mol. The number of hydrogen-bond acceptors (Lipinski definition) is 7. The summed E-state index contributed by atoms with van der Waals surface area (Å²) >= 11 is 0. The van der Waals surface area contributed by atoms with Crippen LogP contribution in [-0.4, -0.2) is 45.4 Å². The maximum Gasteiger partial charge on any atom is 0.351 e. The first-order chi connectivity index (χ1) is 16.0. The van der Waals surface area contributed by atoms with E-state index in [-0.39, 0.29) is 41.1 Å². The molecule has 5 aliphatic rings. The molecule has 4 saturated carbocycles. The monoisotopic (exact) mass is 556 g/mol. The molecule has 0 aromatic heterocycles. The minimum absolute atomic E-state index is 0. The number of esters is 3. The zero-order valence-corrected chi connectivity index (χ0v) is 22.6. The number of cyclic esters (lactones) is 1. The molecule has 1 heterocycles. The molecule has 5 atom stereocenters. The van der Waals surface area contributed by atoms with E-state index in [0.717, 1.165) is 25.7 Å². The van der Waals surface area contributed by atoms with Gasteiger partial charge in [0.1, 0.15) is 11.2 Å². The van der Waals surface area contributed by atoms with Crippen LogP contribution in [-0.2, 0) is 28.6 Å². The van der Waals surface area contributed by atoms with Crippen LogP contribution in [0.25, 0.3) is 0 Å². The Labute approximate surface area is 239 Å². The molecule has 0 radical (unpaired) electrons. The van der Waals surface area contributed by atoms with Crippen molar-refractivity contribution in [2.75, 3.05) is 0 Å². The largest absolute Gasteiger partial charge is 0.459 e. The van der Waals surface area contributed by atoms with Gasteiger partial charge >= 0.3 is 17.9 Å². The maximum absolute atomic E-state index is 13.4. The molecule has 4 aliphatic carbocycles. The quantitative estimate of drug-likeness (QED) is 0.248. The Kier molecular flexibility index (Phi) is 11.6. The fraction of sp³-hybridized carbons (Fsp3) is 0.906. The Bertz CT molecular complexity index is 877. The van der Waals surface area contributed by atoms with Crippen LogP contribution in [0.15, 0.2) is 0 Å². The van der Waals surface area contributed by atoms with E-state index in [9.17, 15) is 19.5 Å². The van der Waals surface area contributed by atoms with E-state index < -0.39 is 46.2 Å². The molecule has 0 amide bonds. The van der Waals surface area contributed by atoms with E-state index in [1.165, 1.54) is 6.42 Å². The molecule has 7 nitrogen and oxygen atoms in total. The van der Waals surface area contributed by atoms with Crippen LogP contribution < -0.4 is 0 Å². The van der Waals surface area contributed by atoms with Crippen molar-refractivity contribution in [1.82, 2.24) is 0 Å². The van der Waals surface area contributed by atoms with Crippen molar-refractivity contribution < 1.29 is 33.7 Å². The van der Waals surface area contributed by atoms with Gasteiger partial charge in [0, 0.05) is 11.8 Å². The standard InChI is InChI=1S/C28H44O7.4CH4/c1-8-20(9-17(2)21(29)34-26(7)15-24(3,4)35-23(26)31)22(30)33-25(5,6)27-11-18-10-19(12-27)14-28(32,13-18)16-27;;;;/h17-20,32H,8-16H2,1-7H3;4*1H4. The summed E-state index contributed by atoms with van der Waals surface area (Å²) in [6.07, 6.45) is 6.73. The molecule has 1 saturated heterocycles. The highest BCUT2D eigenvalue weighted by Crippen LogP contribution is 2.65. The number of aliphatic hydroxyl groups is 1. The lowest BCUT2D eigenvalue weighted by molar-refractivity contribution is -0.234. The van der Waals surface area contributed by atoms with E-state index in [2.05, 4.69) is 0 Å². The lowest BCUT2D eigenvalue weighted by Crippen LogP contribution is -2.63. The zero-order chi connectivity index (χ0) is 26.0. The molecule has 0 aromatic rings. The summed E-state index contributed by atoms with van der Waals surface area (Å²) in [6.45, 7) is 12.8. The average Bonchev–Trinajstić information content (AvgIpc) is 2.89. The Morgan fingerprint density at radius 3 is 1.97 bits per heavy atom. The minimum Gasteiger partial charge on any atom is -0.459 e. The number of carbonyl (C=O) groups is 3. The van der Waals surface area contributed by atoms with Gasteiger partial charge in [-0.25, -0.2) is 4.79 Å². The van der Waals surface area contributed by atoms with Crippen LogP contribution in [0.4, 0.5) is 0 Å². The first-order valence-electron chi connectivity index (χ1n) is 13.4. The number of rotatable bonds is 8. The van der Waals surface area contributed by atoms with Gasteiger partial charge in [-0.3, -0.25) is 9.59 Å². The third-order valence-corrected chi connectivity index (χ3v) is 9.42. The summed E-state index contributed by atoms with van der Waals surface area (Å²) in [5.41, 5.74) is -3.50. The molecule has 7 heteroatoms. The van der Waals surface area contributed by atoms with Gasteiger partial charge in [0.25, 0.3) is 0 Å². The summed E-state index contributed by atoms with van der Waals surface area (Å²) < 4.78 is 17.2. The molecule has 4 bridgehead atoms. The SMILES string of the molecule is C.C.C.C.CCC(CC(C)C(=O)OC1(C)CC(C)(C)OC1=O)C(=O)OC(C)(C)C12CC3CC(CC(O)(C3)C1)C2. The molecule has 1 N–H and O–H groups in total. The predicted molar refractivity (Wildman–Crippen MR) is 156 cm³/mol. The molecule has 230 valence electrons. The van der Waals surface area contributed by atoms with E-state index in [4.69, 9.17) is 14.2 Å². The van der Waals surface area contributed by atoms with Crippen molar-refractivity contribution >= 4 is 17.9 Å². The van der Waals surface area contributed by atoms with Gasteiger partial charge in [-0.15, -0.1) is 0 Å². The molecule has 5 unspecified atom stereocenters. The minimum atomic E-state index is -1.31. The Morgan fingerprint density at radius 1 is 1.00 bits per heavy atom. The number of carbonyl (C=O) groups excluding carboxylic acids is 3. The molecular weight excluding hydrogens is 496 g/mol. The number of hydrogen-bond donors (Lipinski definition) is 1. The van der Waals surface area contributed by atoms with Crippen LogP contribution >= 0.6 is 0 Å². The van der Waals surface area contributed by atoms with E-state index in [0.29, 0.717) is 37.5 Å². The first kappa shape index (κ1) is 37.4. The summed E-state index contributed by atoms with van der Waals surface area (Å²) in [5, 5.41) is 11.2. The van der Waals surface area contributed by atoms with Gasteiger partial charge in [0.05, 0.1) is 17.4 Å². The van der Waals surface area contributed by atoms with Crippen molar-refractivity contribution in [2.24, 2.45) is 29.1 Å². The van der Waals surface area contributed by atoms with E-state index in [1.807, 2.05) is 20.8 Å². The first-order valence-corrected chi connectivity index (χ1v) is 13.4. The second kappa shape index (κ2) is 12.1. The van der Waals surface area contributed by atoms with Gasteiger partial charge in [0.15, 0.2) is 0 Å². The third kappa shape index (κ3) is 7.00. The molecule has 1 aliphatic heterocycles. The Morgan fingerprint density at radius 2 is 1.54 bits per heavy atom. The van der Waals surface area contributed by atoms with Crippen LogP contribution in [0.2, 0.25) is 0 Å². The maximum atomic E-state index is 13.4. The van der Waals surface area contributed by atoms with Crippen LogP contribution in [0, 0.1) is 29.1 Å². The summed E-state index contributed by atoms with van der Waals surface area (Å²) in [5.74, 6) is -1.34. The fourth-order valence-electron chi connectivity index (χ4n) is 7.99. The van der Waals surface area contributed by atoms with Crippen molar-refractivity contribution in [1.29, 1.82) is 0 Å². The smallest absolute Gasteiger partial charge is 0.351 e. The highest BCUT2D eigenvalue weighted by molar-refractivity contribution is 5.86. The van der Waals surface area contributed by atoms with Gasteiger partial charge in [-0.2, -0.15) is 0 Å². The summed E-state index contributed by atoms with van der Waals surface area (Å²) in [4.78, 5) is 38.5. The lowest BCUT2D eigenvalue weighted by Gasteiger charge is -2.64. The van der Waals surface area contributed by atoms with Gasteiger partial charge < -0.3 is 19.3 Å². The summed E-state index contributed by atoms with van der Waals surface area (Å²) in [7, 11) is 0. The van der Waals surface area contributed by atoms with Crippen molar-refractivity contribution in [3.63, 3.8) is 0 Å². The van der Waals surface area contributed by atoms with Gasteiger partial charge in [-0.05, 0) is 97.8 Å².